The van der Waals surface area contributed by atoms with Crippen LogP contribution < -0.4 is 9.80 Å². The average molecular weight is 400 g/mol. The Labute approximate surface area is 176 Å². The molecule has 2 aromatic carbocycles. The third-order valence-electron chi connectivity index (χ3n) is 5.42. The Morgan fingerprint density at radius 3 is 2.47 bits per heavy atom. The smallest absolute Gasteiger partial charge is 0.251 e. The van der Waals surface area contributed by atoms with Gasteiger partial charge in [-0.3, -0.25) is 9.59 Å². The van der Waals surface area contributed by atoms with Crippen LogP contribution in [0.2, 0.25) is 0 Å². The van der Waals surface area contributed by atoms with E-state index in [0.29, 0.717) is 12.2 Å². The molecule has 2 unspecified atom stereocenters. The molecule has 30 heavy (non-hydrogen) atoms. The lowest BCUT2D eigenvalue weighted by Crippen LogP contribution is -2.47. The maximum atomic E-state index is 13.1. The van der Waals surface area contributed by atoms with Crippen LogP contribution in [0.4, 0.5) is 11.4 Å². The van der Waals surface area contributed by atoms with Crippen LogP contribution in [0.1, 0.15) is 37.6 Å². The van der Waals surface area contributed by atoms with E-state index in [4.69, 9.17) is 4.42 Å². The van der Waals surface area contributed by atoms with Gasteiger partial charge in [0.25, 0.3) is 5.91 Å². The molecule has 4 rings (SSSR count). The van der Waals surface area contributed by atoms with Gasteiger partial charge in [-0.2, -0.15) is 0 Å². The van der Waals surface area contributed by atoms with Gasteiger partial charge in [-0.15, -0.1) is 0 Å². The van der Waals surface area contributed by atoms with Crippen molar-refractivity contribution in [1.82, 2.24) is 0 Å². The number of carbonyl (C=O) groups excluding carboxylic acids is 2. The highest BCUT2D eigenvalue weighted by atomic mass is 16.3. The highest BCUT2D eigenvalue weighted by Crippen LogP contribution is 2.42. The molecule has 0 N–H and O–H groups in total. The molecular weight excluding hydrogens is 376 g/mol. The largest absolute Gasteiger partial charge is 0.465 e. The number of para-hydroxylation sites is 2. The molecule has 0 bridgehead atoms. The number of amides is 2. The molecule has 0 saturated heterocycles. The summed E-state index contributed by atoms with van der Waals surface area (Å²) in [7, 11) is 0. The van der Waals surface area contributed by atoms with Gasteiger partial charge in [0.1, 0.15) is 5.76 Å². The fourth-order valence-corrected chi connectivity index (χ4v) is 4.15. The molecule has 2 heterocycles. The molecule has 2 amide bonds. The van der Waals surface area contributed by atoms with E-state index in [1.807, 2.05) is 66.4 Å². The van der Waals surface area contributed by atoms with Gasteiger partial charge in [-0.25, -0.2) is 0 Å². The molecule has 1 aromatic heterocycles. The lowest BCUT2D eigenvalue weighted by molar-refractivity contribution is -0.117. The van der Waals surface area contributed by atoms with Crippen molar-refractivity contribution in [2.24, 2.45) is 0 Å². The van der Waals surface area contributed by atoms with E-state index in [1.54, 1.807) is 36.3 Å². The van der Waals surface area contributed by atoms with Crippen LogP contribution in [0.3, 0.4) is 0 Å². The molecule has 0 radical (unpaired) electrons. The lowest BCUT2D eigenvalue weighted by Gasteiger charge is -2.43. The number of anilines is 2. The van der Waals surface area contributed by atoms with Crippen molar-refractivity contribution in [1.29, 1.82) is 0 Å². The molecule has 1 aliphatic heterocycles. The first kappa shape index (κ1) is 19.7. The summed E-state index contributed by atoms with van der Waals surface area (Å²) in [6.07, 6.45) is 5.43. The standard InChI is InChI=1S/C25H24N2O3/c1-18-17-24(27(19(2)28)20-9-4-3-5-10-20)22-12-6-7-13-23(22)26(18)25(29)15-14-21-11-8-16-30-21/h3-16,18,24H,17H2,1-2H3. The highest BCUT2D eigenvalue weighted by Gasteiger charge is 2.37. The molecule has 1 aliphatic rings. The minimum Gasteiger partial charge on any atom is -0.465 e. The van der Waals surface area contributed by atoms with Gasteiger partial charge >= 0.3 is 0 Å². The second kappa shape index (κ2) is 8.41. The van der Waals surface area contributed by atoms with E-state index < -0.39 is 0 Å². The number of hydrogen-bond acceptors (Lipinski definition) is 3. The first-order valence-electron chi connectivity index (χ1n) is 10.0. The third-order valence-corrected chi connectivity index (χ3v) is 5.42. The summed E-state index contributed by atoms with van der Waals surface area (Å²) in [6.45, 7) is 3.61. The van der Waals surface area contributed by atoms with Crippen molar-refractivity contribution in [3.8, 4) is 0 Å². The van der Waals surface area contributed by atoms with Gasteiger partial charge in [0.2, 0.25) is 5.91 Å². The molecule has 0 fully saturated rings. The first-order valence-corrected chi connectivity index (χ1v) is 10.0. The normalized spacial score (nSPS) is 18.3. The van der Waals surface area contributed by atoms with Crippen LogP contribution in [-0.2, 0) is 9.59 Å². The summed E-state index contributed by atoms with van der Waals surface area (Å²) in [5.74, 6) is 0.496. The second-order valence-electron chi connectivity index (χ2n) is 7.44. The monoisotopic (exact) mass is 400 g/mol. The summed E-state index contributed by atoms with van der Waals surface area (Å²) in [6, 6.07) is 20.9. The lowest BCUT2D eigenvalue weighted by atomic mass is 9.90. The Kier molecular flexibility index (Phi) is 5.53. The zero-order valence-corrected chi connectivity index (χ0v) is 17.1. The van der Waals surface area contributed by atoms with Crippen molar-refractivity contribution >= 4 is 29.3 Å². The van der Waals surface area contributed by atoms with Crippen molar-refractivity contribution < 1.29 is 14.0 Å². The maximum Gasteiger partial charge on any atom is 0.251 e. The van der Waals surface area contributed by atoms with Crippen LogP contribution in [-0.4, -0.2) is 17.9 Å². The Morgan fingerprint density at radius 1 is 1.03 bits per heavy atom. The van der Waals surface area contributed by atoms with Gasteiger partial charge in [0.15, 0.2) is 0 Å². The van der Waals surface area contributed by atoms with E-state index in [-0.39, 0.29) is 23.9 Å². The van der Waals surface area contributed by atoms with Gasteiger partial charge in [-0.1, -0.05) is 36.4 Å². The summed E-state index contributed by atoms with van der Waals surface area (Å²) in [4.78, 5) is 29.3. The zero-order valence-electron chi connectivity index (χ0n) is 17.1. The van der Waals surface area contributed by atoms with Gasteiger partial charge in [0, 0.05) is 30.4 Å². The van der Waals surface area contributed by atoms with Crippen LogP contribution in [0.25, 0.3) is 6.08 Å². The highest BCUT2D eigenvalue weighted by molar-refractivity contribution is 6.05. The van der Waals surface area contributed by atoms with Crippen LogP contribution >= 0.6 is 0 Å². The minimum absolute atomic E-state index is 0.0225. The summed E-state index contributed by atoms with van der Waals surface area (Å²) in [5.41, 5.74) is 2.65. The fourth-order valence-electron chi connectivity index (χ4n) is 4.15. The topological polar surface area (TPSA) is 53.8 Å². The molecule has 5 nitrogen and oxygen atoms in total. The molecular formula is C25H24N2O3. The number of fused-ring (bicyclic) bond motifs is 1. The Morgan fingerprint density at radius 2 is 1.77 bits per heavy atom. The predicted octanol–water partition coefficient (Wildman–Crippen LogP) is 5.21. The van der Waals surface area contributed by atoms with Crippen molar-refractivity contribution in [3.05, 3.63) is 90.4 Å². The molecule has 3 aromatic rings. The molecule has 5 heteroatoms. The quantitative estimate of drug-likeness (QED) is 0.565. The number of carbonyl (C=O) groups is 2. The van der Waals surface area contributed by atoms with Gasteiger partial charge in [-0.05, 0) is 55.3 Å². The average Bonchev–Trinajstić information content (AvgIpc) is 3.26. The summed E-state index contributed by atoms with van der Waals surface area (Å²) in [5, 5.41) is 0. The maximum absolute atomic E-state index is 13.1. The molecule has 0 aliphatic carbocycles. The molecule has 0 spiro atoms. The third kappa shape index (κ3) is 3.79. The van der Waals surface area contributed by atoms with Crippen molar-refractivity contribution in [2.45, 2.75) is 32.4 Å². The number of rotatable bonds is 4. The van der Waals surface area contributed by atoms with Gasteiger partial charge < -0.3 is 14.2 Å². The minimum atomic E-state index is -0.144. The zero-order chi connectivity index (χ0) is 21.1. The van der Waals surface area contributed by atoms with E-state index in [2.05, 4.69) is 0 Å². The Bertz CT molecular complexity index is 1060. The molecule has 152 valence electrons. The van der Waals surface area contributed by atoms with E-state index >= 15 is 0 Å². The van der Waals surface area contributed by atoms with Crippen molar-refractivity contribution in [3.63, 3.8) is 0 Å². The van der Waals surface area contributed by atoms with Crippen LogP contribution in [0, 0.1) is 0 Å². The van der Waals surface area contributed by atoms with Crippen LogP contribution in [0.15, 0.2) is 83.5 Å². The summed E-state index contributed by atoms with van der Waals surface area (Å²) < 4.78 is 5.29. The van der Waals surface area contributed by atoms with E-state index in [9.17, 15) is 9.59 Å². The van der Waals surface area contributed by atoms with Crippen LogP contribution in [0.5, 0.6) is 0 Å². The Hall–Kier alpha value is -3.60. The number of nitrogens with zero attached hydrogens (tertiary/aromatic N) is 2. The first-order chi connectivity index (χ1) is 14.6. The second-order valence-corrected chi connectivity index (χ2v) is 7.44. The predicted molar refractivity (Wildman–Crippen MR) is 118 cm³/mol. The molecule has 0 saturated carbocycles. The van der Waals surface area contributed by atoms with Crippen molar-refractivity contribution in [2.75, 3.05) is 9.80 Å². The SMILES string of the molecule is CC(=O)N(c1ccccc1)C1CC(C)N(C(=O)C=Cc2ccco2)c2ccccc21. The number of hydrogen-bond donors (Lipinski definition) is 0. The van der Waals surface area contributed by atoms with Gasteiger partial charge in [0.05, 0.1) is 12.3 Å². The number of furan rings is 1. The summed E-state index contributed by atoms with van der Waals surface area (Å²) >= 11 is 0. The fraction of sp³-hybridized carbons (Fsp3) is 0.200. The van der Waals surface area contributed by atoms with E-state index in [0.717, 1.165) is 16.9 Å². The Balaban J connectivity index is 1.71. The molecule has 2 atom stereocenters. The number of benzene rings is 2. The van der Waals surface area contributed by atoms with E-state index in [1.165, 1.54) is 6.08 Å².